The Hall–Kier alpha value is -2.48. The number of aryl methyl sites for hydroxylation is 1. The summed E-state index contributed by atoms with van der Waals surface area (Å²) in [6, 6.07) is 1.29. The first-order valence-corrected chi connectivity index (χ1v) is 7.85. The Labute approximate surface area is 139 Å². The average molecular weight is 332 g/mol. The Balaban J connectivity index is 1.84. The first-order valence-electron chi connectivity index (χ1n) is 7.85. The second-order valence-corrected chi connectivity index (χ2v) is 5.82. The molecule has 2 aromatic rings. The van der Waals surface area contributed by atoms with Crippen LogP contribution >= 0.6 is 0 Å². The molecule has 3 rings (SSSR count). The first-order chi connectivity index (χ1) is 11.5. The van der Waals surface area contributed by atoms with E-state index in [-0.39, 0.29) is 12.0 Å². The highest BCUT2D eigenvalue weighted by molar-refractivity contribution is 5.94. The number of hydrogen-bond donors (Lipinski definition) is 0. The van der Waals surface area contributed by atoms with Crippen molar-refractivity contribution in [2.24, 2.45) is 0 Å². The minimum atomic E-state index is -0.401. The molecule has 8 heteroatoms. The van der Waals surface area contributed by atoms with E-state index in [9.17, 15) is 4.79 Å². The van der Waals surface area contributed by atoms with Crippen molar-refractivity contribution in [2.75, 3.05) is 19.8 Å². The zero-order valence-corrected chi connectivity index (χ0v) is 13.9. The molecule has 1 atom stereocenters. The zero-order chi connectivity index (χ0) is 17.1. The maximum Gasteiger partial charge on any atom is 0.256 e. The van der Waals surface area contributed by atoms with Gasteiger partial charge in [-0.05, 0) is 19.9 Å². The Morgan fingerprint density at radius 1 is 1.38 bits per heavy atom. The van der Waals surface area contributed by atoms with Crippen LogP contribution in [0, 0.1) is 6.92 Å². The summed E-state index contributed by atoms with van der Waals surface area (Å²) in [5.74, 6) is 1.23. The molecule has 0 spiro atoms. The Bertz CT molecular complexity index is 716. The lowest BCUT2D eigenvalue weighted by Crippen LogP contribution is -2.43. The highest BCUT2D eigenvalue weighted by Gasteiger charge is 2.33. The molecule has 0 aromatic carbocycles. The number of pyridine rings is 1. The molecule has 1 aliphatic rings. The molecule has 1 saturated heterocycles. The molecule has 24 heavy (non-hydrogen) atoms. The molecule has 1 fully saturated rings. The molecule has 0 saturated carbocycles. The van der Waals surface area contributed by atoms with Crippen LogP contribution in [-0.2, 0) is 4.74 Å². The van der Waals surface area contributed by atoms with Gasteiger partial charge in [-0.1, -0.05) is 0 Å². The largest absolute Gasteiger partial charge is 0.489 e. The van der Waals surface area contributed by atoms with Gasteiger partial charge in [0.1, 0.15) is 11.8 Å². The van der Waals surface area contributed by atoms with Gasteiger partial charge in [-0.25, -0.2) is 0 Å². The Kier molecular flexibility index (Phi) is 4.75. The molecule has 128 valence electrons. The summed E-state index contributed by atoms with van der Waals surface area (Å²) < 4.78 is 16.6. The fourth-order valence-electron chi connectivity index (χ4n) is 2.54. The van der Waals surface area contributed by atoms with E-state index >= 15 is 0 Å². The smallest absolute Gasteiger partial charge is 0.256 e. The third-order valence-electron chi connectivity index (χ3n) is 3.55. The van der Waals surface area contributed by atoms with Crippen LogP contribution in [0.2, 0.25) is 0 Å². The number of ether oxygens (including phenoxy) is 2. The van der Waals surface area contributed by atoms with Crippen LogP contribution in [0.25, 0.3) is 0 Å². The summed E-state index contributed by atoms with van der Waals surface area (Å²) in [6.45, 7) is 6.78. The van der Waals surface area contributed by atoms with E-state index in [1.165, 1.54) is 6.20 Å². The molecule has 0 N–H and O–H groups in total. The summed E-state index contributed by atoms with van der Waals surface area (Å²) in [6.07, 6.45) is 3.13. The predicted octanol–water partition coefficient (Wildman–Crippen LogP) is 1.77. The van der Waals surface area contributed by atoms with Gasteiger partial charge in [0.25, 0.3) is 5.91 Å². The van der Waals surface area contributed by atoms with Crippen molar-refractivity contribution in [1.29, 1.82) is 0 Å². The van der Waals surface area contributed by atoms with Crippen molar-refractivity contribution >= 4 is 5.91 Å². The van der Waals surface area contributed by atoms with Crippen molar-refractivity contribution < 1.29 is 18.7 Å². The first kappa shape index (κ1) is 16.4. The number of carbonyl (C=O) groups is 1. The van der Waals surface area contributed by atoms with Crippen LogP contribution in [0.4, 0.5) is 0 Å². The molecule has 1 aliphatic heterocycles. The number of morpholine rings is 1. The quantitative estimate of drug-likeness (QED) is 0.842. The normalized spacial score (nSPS) is 18.0. The zero-order valence-electron chi connectivity index (χ0n) is 13.9. The van der Waals surface area contributed by atoms with Crippen LogP contribution in [-0.4, -0.2) is 51.9 Å². The SMILES string of the molecule is Cc1nnc([C@H]2COCCN2C(=O)c2cncc(OC(C)C)c2)o1. The monoisotopic (exact) mass is 332 g/mol. The van der Waals surface area contributed by atoms with E-state index in [4.69, 9.17) is 13.9 Å². The van der Waals surface area contributed by atoms with E-state index < -0.39 is 6.04 Å². The van der Waals surface area contributed by atoms with Crippen LogP contribution in [0.1, 0.15) is 42.0 Å². The topological polar surface area (TPSA) is 90.6 Å². The number of aromatic nitrogens is 3. The molecule has 0 aliphatic carbocycles. The van der Waals surface area contributed by atoms with Crippen LogP contribution in [0.3, 0.4) is 0 Å². The van der Waals surface area contributed by atoms with E-state index in [1.807, 2.05) is 13.8 Å². The number of rotatable bonds is 4. The summed E-state index contributed by atoms with van der Waals surface area (Å²) in [7, 11) is 0. The lowest BCUT2D eigenvalue weighted by Gasteiger charge is -2.33. The standard InChI is InChI=1S/C16H20N4O4/c1-10(2)23-13-6-12(7-17-8-13)16(21)20-4-5-22-9-14(20)15-19-18-11(3)24-15/h6-8,10,14H,4-5,9H2,1-3H3/t14-/m1/s1. The van der Waals surface area contributed by atoms with Gasteiger partial charge in [0, 0.05) is 19.7 Å². The van der Waals surface area contributed by atoms with Gasteiger partial charge < -0.3 is 18.8 Å². The summed E-state index contributed by atoms with van der Waals surface area (Å²) >= 11 is 0. The molecule has 0 radical (unpaired) electrons. The maximum atomic E-state index is 12.9. The number of hydrogen-bond acceptors (Lipinski definition) is 7. The number of nitrogens with zero attached hydrogens (tertiary/aromatic N) is 4. The van der Waals surface area contributed by atoms with Crippen LogP contribution in [0.15, 0.2) is 22.9 Å². The highest BCUT2D eigenvalue weighted by Crippen LogP contribution is 2.26. The number of amides is 1. The minimum absolute atomic E-state index is 0.00894. The Morgan fingerprint density at radius 3 is 2.92 bits per heavy atom. The molecule has 0 unspecified atom stereocenters. The van der Waals surface area contributed by atoms with Crippen molar-refractivity contribution in [3.05, 3.63) is 35.8 Å². The van der Waals surface area contributed by atoms with Gasteiger partial charge in [0.05, 0.1) is 31.1 Å². The number of carbonyl (C=O) groups excluding carboxylic acids is 1. The highest BCUT2D eigenvalue weighted by atomic mass is 16.5. The summed E-state index contributed by atoms with van der Waals surface area (Å²) in [4.78, 5) is 18.7. The maximum absolute atomic E-state index is 12.9. The summed E-state index contributed by atoms with van der Waals surface area (Å²) in [5, 5.41) is 7.85. The fraction of sp³-hybridized carbons (Fsp3) is 0.500. The lowest BCUT2D eigenvalue weighted by atomic mass is 10.1. The second kappa shape index (κ2) is 6.96. The van der Waals surface area contributed by atoms with Crippen molar-refractivity contribution in [1.82, 2.24) is 20.1 Å². The van der Waals surface area contributed by atoms with Gasteiger partial charge in [-0.2, -0.15) is 0 Å². The van der Waals surface area contributed by atoms with Crippen molar-refractivity contribution in [3.63, 3.8) is 0 Å². The van der Waals surface area contributed by atoms with E-state index in [1.54, 1.807) is 24.1 Å². The van der Waals surface area contributed by atoms with Gasteiger partial charge in [-0.15, -0.1) is 10.2 Å². The lowest BCUT2D eigenvalue weighted by molar-refractivity contribution is -0.0106. The van der Waals surface area contributed by atoms with E-state index in [0.717, 1.165) is 0 Å². The molecule has 3 heterocycles. The van der Waals surface area contributed by atoms with Crippen molar-refractivity contribution in [2.45, 2.75) is 32.9 Å². The summed E-state index contributed by atoms with van der Waals surface area (Å²) in [5.41, 5.74) is 0.455. The van der Waals surface area contributed by atoms with Crippen LogP contribution < -0.4 is 4.74 Å². The van der Waals surface area contributed by atoms with Crippen molar-refractivity contribution in [3.8, 4) is 5.75 Å². The van der Waals surface area contributed by atoms with E-state index in [2.05, 4.69) is 15.2 Å². The minimum Gasteiger partial charge on any atom is -0.489 e. The van der Waals surface area contributed by atoms with E-state index in [0.29, 0.717) is 42.9 Å². The molecular formula is C16H20N4O4. The second-order valence-electron chi connectivity index (χ2n) is 5.82. The molecule has 2 aromatic heterocycles. The fourth-order valence-corrected chi connectivity index (χ4v) is 2.54. The molecular weight excluding hydrogens is 312 g/mol. The predicted molar refractivity (Wildman–Crippen MR) is 83.6 cm³/mol. The molecule has 1 amide bonds. The van der Waals surface area contributed by atoms with Gasteiger partial charge in [0.15, 0.2) is 0 Å². The van der Waals surface area contributed by atoms with Gasteiger partial charge in [0.2, 0.25) is 11.8 Å². The van der Waals surface area contributed by atoms with Gasteiger partial charge >= 0.3 is 0 Å². The van der Waals surface area contributed by atoms with Crippen LogP contribution in [0.5, 0.6) is 5.75 Å². The molecule has 0 bridgehead atoms. The average Bonchev–Trinajstić information content (AvgIpc) is 3.00. The third-order valence-corrected chi connectivity index (χ3v) is 3.55. The Morgan fingerprint density at radius 2 is 2.21 bits per heavy atom. The van der Waals surface area contributed by atoms with Gasteiger partial charge in [-0.3, -0.25) is 9.78 Å². The molecule has 8 nitrogen and oxygen atoms in total. The third kappa shape index (κ3) is 3.53.